The highest BCUT2D eigenvalue weighted by atomic mass is 35.5. The van der Waals surface area contributed by atoms with Gasteiger partial charge >= 0.3 is 0 Å². The zero-order valence-corrected chi connectivity index (χ0v) is 15.8. The number of hydrogen-bond acceptors (Lipinski definition) is 4. The molecule has 0 spiro atoms. The molecule has 0 aliphatic heterocycles. The second-order valence-electron chi connectivity index (χ2n) is 6.30. The lowest BCUT2D eigenvalue weighted by Crippen LogP contribution is -2.24. The third kappa shape index (κ3) is 4.41. The molecule has 1 aromatic carbocycles. The van der Waals surface area contributed by atoms with Gasteiger partial charge in [-0.1, -0.05) is 43.3 Å². The maximum Gasteiger partial charge on any atom is 0.262 e. The standard InChI is InChI=1S/C19H20ClN3OS/c1-13(2)8-10-23-18(24)16-7-6-14(20)11-17(16)22-19(23)25-12-15-5-3-4-9-21-15/h3-7,9,11,13H,8,10,12H2,1-2H3. The van der Waals surface area contributed by atoms with Crippen molar-refractivity contribution in [1.29, 1.82) is 0 Å². The van der Waals surface area contributed by atoms with Gasteiger partial charge in [-0.25, -0.2) is 4.98 Å². The third-order valence-corrected chi connectivity index (χ3v) is 5.13. The molecule has 130 valence electrons. The molecule has 0 aliphatic carbocycles. The molecule has 3 rings (SSSR count). The first-order chi connectivity index (χ1) is 12.0. The number of hydrogen-bond donors (Lipinski definition) is 0. The predicted octanol–water partition coefficient (Wildman–Crippen LogP) is 4.78. The van der Waals surface area contributed by atoms with E-state index in [2.05, 4.69) is 18.8 Å². The van der Waals surface area contributed by atoms with Crippen LogP contribution in [0.5, 0.6) is 0 Å². The number of rotatable bonds is 6. The molecule has 0 amide bonds. The van der Waals surface area contributed by atoms with E-state index in [1.54, 1.807) is 29.0 Å². The minimum Gasteiger partial charge on any atom is -0.287 e. The van der Waals surface area contributed by atoms with Crippen molar-refractivity contribution in [3.63, 3.8) is 0 Å². The van der Waals surface area contributed by atoms with Crippen LogP contribution in [0.1, 0.15) is 26.0 Å². The average Bonchev–Trinajstić information content (AvgIpc) is 2.59. The third-order valence-electron chi connectivity index (χ3n) is 3.89. The molecule has 2 heterocycles. The second kappa shape index (κ2) is 8.02. The van der Waals surface area contributed by atoms with Crippen LogP contribution in [0.4, 0.5) is 0 Å². The minimum atomic E-state index is -0.00848. The number of benzene rings is 1. The quantitative estimate of drug-likeness (QED) is 0.460. The van der Waals surface area contributed by atoms with Crippen molar-refractivity contribution >= 4 is 34.3 Å². The molecule has 25 heavy (non-hydrogen) atoms. The summed E-state index contributed by atoms with van der Waals surface area (Å²) in [6, 6.07) is 11.1. The van der Waals surface area contributed by atoms with E-state index in [0.29, 0.717) is 39.3 Å². The summed E-state index contributed by atoms with van der Waals surface area (Å²) in [6.45, 7) is 4.96. The van der Waals surface area contributed by atoms with Gasteiger partial charge < -0.3 is 0 Å². The monoisotopic (exact) mass is 373 g/mol. The molecule has 3 aromatic rings. The molecule has 0 atom stereocenters. The first kappa shape index (κ1) is 18.0. The van der Waals surface area contributed by atoms with Gasteiger partial charge in [-0.2, -0.15) is 0 Å². The fourth-order valence-electron chi connectivity index (χ4n) is 2.49. The van der Waals surface area contributed by atoms with Crippen molar-refractivity contribution in [2.75, 3.05) is 0 Å². The van der Waals surface area contributed by atoms with E-state index < -0.39 is 0 Å². The highest BCUT2D eigenvalue weighted by molar-refractivity contribution is 7.98. The smallest absolute Gasteiger partial charge is 0.262 e. The van der Waals surface area contributed by atoms with Crippen LogP contribution >= 0.6 is 23.4 Å². The molecule has 0 radical (unpaired) electrons. The number of pyridine rings is 1. The molecule has 4 nitrogen and oxygen atoms in total. The lowest BCUT2D eigenvalue weighted by atomic mass is 10.1. The van der Waals surface area contributed by atoms with Crippen molar-refractivity contribution in [3.05, 3.63) is 63.7 Å². The van der Waals surface area contributed by atoms with Gasteiger partial charge in [0.1, 0.15) is 0 Å². The largest absolute Gasteiger partial charge is 0.287 e. The molecule has 0 saturated carbocycles. The molecule has 0 bridgehead atoms. The van der Waals surface area contributed by atoms with Crippen LogP contribution in [0.15, 0.2) is 52.5 Å². The van der Waals surface area contributed by atoms with Gasteiger partial charge in [0.15, 0.2) is 5.16 Å². The average molecular weight is 374 g/mol. The fraction of sp³-hybridized carbons (Fsp3) is 0.316. The topological polar surface area (TPSA) is 47.8 Å². The van der Waals surface area contributed by atoms with Crippen molar-refractivity contribution in [2.45, 2.75) is 37.7 Å². The summed E-state index contributed by atoms with van der Waals surface area (Å²) < 4.78 is 1.78. The molecule has 2 aromatic heterocycles. The Morgan fingerprint density at radius 3 is 2.80 bits per heavy atom. The molecule has 0 aliphatic rings. The predicted molar refractivity (Wildman–Crippen MR) is 104 cm³/mol. The van der Waals surface area contributed by atoms with Gasteiger partial charge in [0.25, 0.3) is 5.56 Å². The van der Waals surface area contributed by atoms with Crippen LogP contribution < -0.4 is 5.56 Å². The van der Waals surface area contributed by atoms with Crippen molar-refractivity contribution in [1.82, 2.24) is 14.5 Å². The zero-order chi connectivity index (χ0) is 17.8. The van der Waals surface area contributed by atoms with Gasteiger partial charge in [0.05, 0.1) is 16.6 Å². The Morgan fingerprint density at radius 2 is 2.08 bits per heavy atom. The van der Waals surface area contributed by atoms with Gasteiger partial charge in [-0.3, -0.25) is 14.3 Å². The Kier molecular flexibility index (Phi) is 5.76. The Morgan fingerprint density at radius 1 is 1.24 bits per heavy atom. The Balaban J connectivity index is 2.00. The van der Waals surface area contributed by atoms with E-state index in [-0.39, 0.29) is 5.56 Å². The summed E-state index contributed by atoms with van der Waals surface area (Å²) in [6.07, 6.45) is 2.70. The van der Waals surface area contributed by atoms with Crippen LogP contribution in [0.2, 0.25) is 5.02 Å². The number of aromatic nitrogens is 3. The highest BCUT2D eigenvalue weighted by Gasteiger charge is 2.13. The summed E-state index contributed by atoms with van der Waals surface area (Å²) in [5.74, 6) is 1.18. The van der Waals surface area contributed by atoms with E-state index in [4.69, 9.17) is 16.6 Å². The van der Waals surface area contributed by atoms with E-state index >= 15 is 0 Å². The lowest BCUT2D eigenvalue weighted by molar-refractivity contribution is 0.481. The molecule has 0 unspecified atom stereocenters. The van der Waals surface area contributed by atoms with E-state index in [9.17, 15) is 4.79 Å². The Hall–Kier alpha value is -1.85. The Labute approximate surface area is 156 Å². The first-order valence-electron chi connectivity index (χ1n) is 8.27. The summed E-state index contributed by atoms with van der Waals surface area (Å²) in [7, 11) is 0. The molecule has 0 N–H and O–H groups in total. The second-order valence-corrected chi connectivity index (χ2v) is 7.68. The van der Waals surface area contributed by atoms with Gasteiger partial charge in [0.2, 0.25) is 0 Å². The zero-order valence-electron chi connectivity index (χ0n) is 14.3. The lowest BCUT2D eigenvalue weighted by Gasteiger charge is -2.14. The van der Waals surface area contributed by atoms with Crippen molar-refractivity contribution < 1.29 is 0 Å². The maximum atomic E-state index is 12.9. The molecular formula is C19H20ClN3OS. The Bertz CT molecular complexity index is 925. The summed E-state index contributed by atoms with van der Waals surface area (Å²) >= 11 is 7.61. The molecule has 0 saturated heterocycles. The van der Waals surface area contributed by atoms with Crippen LogP contribution in [0.3, 0.4) is 0 Å². The van der Waals surface area contributed by atoms with Crippen LogP contribution in [0, 0.1) is 5.92 Å². The number of nitrogens with zero attached hydrogens (tertiary/aromatic N) is 3. The molecular weight excluding hydrogens is 354 g/mol. The molecule has 0 fully saturated rings. The minimum absolute atomic E-state index is 0.00848. The van der Waals surface area contributed by atoms with Crippen LogP contribution in [-0.4, -0.2) is 14.5 Å². The van der Waals surface area contributed by atoms with Crippen LogP contribution in [-0.2, 0) is 12.3 Å². The number of fused-ring (bicyclic) bond motifs is 1. The normalized spacial score (nSPS) is 11.4. The van der Waals surface area contributed by atoms with E-state index in [1.165, 1.54) is 11.8 Å². The van der Waals surface area contributed by atoms with E-state index in [1.807, 2.05) is 18.2 Å². The van der Waals surface area contributed by atoms with Gasteiger partial charge in [-0.15, -0.1) is 0 Å². The van der Waals surface area contributed by atoms with Crippen molar-refractivity contribution in [2.24, 2.45) is 5.92 Å². The summed E-state index contributed by atoms with van der Waals surface area (Å²) in [5.41, 5.74) is 1.59. The first-order valence-corrected chi connectivity index (χ1v) is 9.64. The molecule has 6 heteroatoms. The SMILES string of the molecule is CC(C)CCn1c(SCc2ccccn2)nc2cc(Cl)ccc2c1=O. The van der Waals surface area contributed by atoms with Crippen molar-refractivity contribution in [3.8, 4) is 0 Å². The highest BCUT2D eigenvalue weighted by Crippen LogP contribution is 2.23. The van der Waals surface area contributed by atoms with Gasteiger partial charge in [0, 0.05) is 23.5 Å². The fourth-order valence-corrected chi connectivity index (χ4v) is 3.60. The van der Waals surface area contributed by atoms with Crippen LogP contribution in [0.25, 0.3) is 10.9 Å². The summed E-state index contributed by atoms with van der Waals surface area (Å²) in [5, 5.41) is 1.90. The maximum absolute atomic E-state index is 12.9. The number of halogens is 1. The summed E-state index contributed by atoms with van der Waals surface area (Å²) in [4.78, 5) is 22.0. The van der Waals surface area contributed by atoms with E-state index in [0.717, 1.165) is 12.1 Å². The van der Waals surface area contributed by atoms with Gasteiger partial charge in [-0.05, 0) is 42.7 Å². The number of thioether (sulfide) groups is 1.